The van der Waals surface area contributed by atoms with E-state index in [0.29, 0.717) is 0 Å². The number of benzene rings is 5. The van der Waals surface area contributed by atoms with Crippen LogP contribution >= 0.6 is 0 Å². The smallest absolute Gasteiger partial charge is 0.0970 e. The second kappa shape index (κ2) is 8.74. The molecule has 2 aliphatic rings. The van der Waals surface area contributed by atoms with Crippen LogP contribution in [-0.2, 0) is 10.8 Å². The molecule has 2 aliphatic carbocycles. The van der Waals surface area contributed by atoms with Crippen LogP contribution < -0.4 is 0 Å². The Kier molecular flexibility index (Phi) is 5.05. The molecule has 2 heteroatoms. The zero-order valence-corrected chi connectivity index (χ0v) is 25.4. The molecule has 0 atom stereocenters. The van der Waals surface area contributed by atoms with Crippen molar-refractivity contribution in [3.8, 4) is 44.5 Å². The normalized spacial score (nSPS) is 15.2. The Hall–Kier alpha value is -5.08. The van der Waals surface area contributed by atoms with Gasteiger partial charge in [-0.05, 0) is 91.0 Å². The number of pyridine rings is 2. The van der Waals surface area contributed by atoms with E-state index < -0.39 is 0 Å². The molecule has 5 aromatic carbocycles. The molecular weight excluding hydrogens is 532 g/mol. The summed E-state index contributed by atoms with van der Waals surface area (Å²) < 4.78 is 0. The minimum absolute atomic E-state index is 0.0419. The summed E-state index contributed by atoms with van der Waals surface area (Å²) in [6.45, 7) is 9.35. The van der Waals surface area contributed by atoms with E-state index in [1.807, 2.05) is 12.4 Å². The summed E-state index contributed by atoms with van der Waals surface area (Å²) in [6.07, 6.45) is 3.88. The Labute approximate surface area is 258 Å². The molecule has 0 saturated heterocycles. The highest BCUT2D eigenvalue weighted by Gasteiger charge is 2.36. The molecule has 0 radical (unpaired) electrons. The molecule has 2 heterocycles. The van der Waals surface area contributed by atoms with Crippen molar-refractivity contribution in [2.45, 2.75) is 38.5 Å². The van der Waals surface area contributed by atoms with E-state index in [1.54, 1.807) is 0 Å². The van der Waals surface area contributed by atoms with Crippen LogP contribution in [0.15, 0.2) is 122 Å². The summed E-state index contributed by atoms with van der Waals surface area (Å²) in [5.74, 6) is 0. The molecule has 0 aliphatic heterocycles. The first kappa shape index (κ1) is 25.4. The van der Waals surface area contributed by atoms with Crippen molar-refractivity contribution in [3.63, 3.8) is 0 Å². The van der Waals surface area contributed by atoms with E-state index in [1.165, 1.54) is 66.8 Å². The Morgan fingerprint density at radius 2 is 0.795 bits per heavy atom. The molecule has 210 valence electrons. The van der Waals surface area contributed by atoms with Crippen LogP contribution in [0.2, 0.25) is 0 Å². The van der Waals surface area contributed by atoms with Gasteiger partial charge in [-0.1, -0.05) is 113 Å². The lowest BCUT2D eigenvalue weighted by atomic mass is 9.81. The van der Waals surface area contributed by atoms with Crippen molar-refractivity contribution in [2.24, 2.45) is 0 Å². The van der Waals surface area contributed by atoms with Gasteiger partial charge in [0.15, 0.2) is 0 Å². The maximum Gasteiger partial charge on any atom is 0.0970 e. The van der Waals surface area contributed by atoms with E-state index in [0.717, 1.165) is 21.8 Å². The van der Waals surface area contributed by atoms with Gasteiger partial charge in [-0.3, -0.25) is 9.97 Å². The van der Waals surface area contributed by atoms with Gasteiger partial charge in [0.05, 0.1) is 11.0 Å². The minimum atomic E-state index is -0.0419. The molecule has 9 rings (SSSR count). The Morgan fingerprint density at radius 1 is 0.386 bits per heavy atom. The lowest BCUT2D eigenvalue weighted by Gasteiger charge is -2.22. The van der Waals surface area contributed by atoms with Crippen molar-refractivity contribution in [1.29, 1.82) is 0 Å². The number of aromatic nitrogens is 2. The van der Waals surface area contributed by atoms with E-state index in [9.17, 15) is 0 Å². The first-order valence-electron chi connectivity index (χ1n) is 15.5. The van der Waals surface area contributed by atoms with Gasteiger partial charge in [0.1, 0.15) is 0 Å². The lowest BCUT2D eigenvalue weighted by molar-refractivity contribution is 0.660. The predicted octanol–water partition coefficient (Wildman–Crippen LogP) is 10.7. The van der Waals surface area contributed by atoms with Crippen LogP contribution in [0, 0.1) is 0 Å². The van der Waals surface area contributed by atoms with Gasteiger partial charge in [-0.25, -0.2) is 0 Å². The van der Waals surface area contributed by atoms with E-state index in [2.05, 4.69) is 137 Å². The number of hydrogen-bond acceptors (Lipinski definition) is 2. The highest BCUT2D eigenvalue weighted by Crippen LogP contribution is 2.51. The number of fused-ring (bicyclic) bond motifs is 9. The molecule has 0 amide bonds. The van der Waals surface area contributed by atoms with Gasteiger partial charge in [-0.15, -0.1) is 0 Å². The summed E-state index contributed by atoms with van der Waals surface area (Å²) in [7, 11) is 0. The molecule has 44 heavy (non-hydrogen) atoms. The van der Waals surface area contributed by atoms with Crippen molar-refractivity contribution < 1.29 is 0 Å². The fraction of sp³-hybridized carbons (Fsp3) is 0.143. The lowest BCUT2D eigenvalue weighted by Crippen LogP contribution is -2.14. The third-order valence-corrected chi connectivity index (χ3v) is 10.4. The molecule has 2 aromatic heterocycles. The second-order valence-electron chi connectivity index (χ2n) is 13.4. The molecule has 0 unspecified atom stereocenters. The van der Waals surface area contributed by atoms with Crippen LogP contribution in [0.5, 0.6) is 0 Å². The van der Waals surface area contributed by atoms with Gasteiger partial charge in [0, 0.05) is 34.0 Å². The van der Waals surface area contributed by atoms with Gasteiger partial charge < -0.3 is 0 Å². The molecule has 0 spiro atoms. The van der Waals surface area contributed by atoms with Crippen LogP contribution in [0.3, 0.4) is 0 Å². The third kappa shape index (κ3) is 3.31. The average Bonchev–Trinajstić information content (AvgIpc) is 3.43. The molecular formula is C42H32N2. The van der Waals surface area contributed by atoms with Gasteiger partial charge in [0.25, 0.3) is 0 Å². The van der Waals surface area contributed by atoms with Crippen molar-refractivity contribution in [1.82, 2.24) is 9.97 Å². The second-order valence-corrected chi connectivity index (χ2v) is 13.4. The first-order valence-corrected chi connectivity index (χ1v) is 15.5. The summed E-state index contributed by atoms with van der Waals surface area (Å²) in [5.41, 5.74) is 17.5. The predicted molar refractivity (Wildman–Crippen MR) is 183 cm³/mol. The molecule has 0 fully saturated rings. The van der Waals surface area contributed by atoms with Crippen LogP contribution in [0.4, 0.5) is 0 Å². The number of rotatable bonds is 2. The van der Waals surface area contributed by atoms with Gasteiger partial charge in [-0.2, -0.15) is 0 Å². The largest absolute Gasteiger partial charge is 0.254 e. The van der Waals surface area contributed by atoms with Crippen molar-refractivity contribution >= 4 is 21.8 Å². The SMILES string of the molecule is CC1(C)c2ccccc2-c2ccc(-c3ccnc4c3ccc3c(-c5ccc6c(c5)C(C)(C)c5ccccc5-6)ccnc34)cc21. The van der Waals surface area contributed by atoms with Gasteiger partial charge >= 0.3 is 0 Å². The fourth-order valence-electron chi connectivity index (χ4n) is 8.08. The Bertz CT molecular complexity index is 2170. The quantitative estimate of drug-likeness (QED) is 0.195. The monoisotopic (exact) mass is 564 g/mol. The third-order valence-electron chi connectivity index (χ3n) is 10.4. The standard InChI is InChI=1S/C42H32N2/c1-41(2)35-11-7-5-9-29(35)31-15-13-25(23-37(31)41)27-19-21-43-39-33(27)17-18-34-28(20-22-44-40(34)39)26-14-16-32-30-10-6-8-12-36(30)42(3,4)38(32)24-26/h5-24H,1-4H3. The number of hydrogen-bond donors (Lipinski definition) is 0. The van der Waals surface area contributed by atoms with E-state index in [-0.39, 0.29) is 10.8 Å². The van der Waals surface area contributed by atoms with Crippen molar-refractivity contribution in [3.05, 3.63) is 144 Å². The zero-order valence-electron chi connectivity index (χ0n) is 25.4. The van der Waals surface area contributed by atoms with Crippen LogP contribution in [0.1, 0.15) is 49.9 Å². The highest BCUT2D eigenvalue weighted by atomic mass is 14.7. The summed E-state index contributed by atoms with van der Waals surface area (Å²) in [4.78, 5) is 9.82. The summed E-state index contributed by atoms with van der Waals surface area (Å²) >= 11 is 0. The van der Waals surface area contributed by atoms with E-state index in [4.69, 9.17) is 9.97 Å². The van der Waals surface area contributed by atoms with Crippen LogP contribution in [-0.4, -0.2) is 9.97 Å². The van der Waals surface area contributed by atoms with E-state index >= 15 is 0 Å². The Morgan fingerprint density at radius 3 is 1.25 bits per heavy atom. The Balaban J connectivity index is 1.19. The maximum atomic E-state index is 4.91. The zero-order chi connectivity index (χ0) is 29.8. The summed E-state index contributed by atoms with van der Waals surface area (Å²) in [5, 5.41) is 2.26. The molecule has 0 bridgehead atoms. The average molecular weight is 565 g/mol. The molecule has 2 nitrogen and oxygen atoms in total. The minimum Gasteiger partial charge on any atom is -0.254 e. The first-order chi connectivity index (χ1) is 21.3. The van der Waals surface area contributed by atoms with Gasteiger partial charge in [0.2, 0.25) is 0 Å². The fourth-order valence-corrected chi connectivity index (χ4v) is 8.08. The molecule has 0 N–H and O–H groups in total. The topological polar surface area (TPSA) is 25.8 Å². The maximum absolute atomic E-state index is 4.91. The highest BCUT2D eigenvalue weighted by molar-refractivity contribution is 6.12. The molecule has 7 aromatic rings. The van der Waals surface area contributed by atoms with Crippen LogP contribution in [0.25, 0.3) is 66.3 Å². The summed E-state index contributed by atoms with van der Waals surface area (Å²) in [6, 6.07) is 40.3. The van der Waals surface area contributed by atoms with Crippen molar-refractivity contribution in [2.75, 3.05) is 0 Å². The molecule has 0 saturated carbocycles. The number of nitrogens with zero attached hydrogens (tertiary/aromatic N) is 2.